The van der Waals surface area contributed by atoms with E-state index in [1.807, 2.05) is 37.3 Å². The van der Waals surface area contributed by atoms with Gasteiger partial charge in [-0.1, -0.05) is 31.1 Å². The molecule has 38 heavy (non-hydrogen) atoms. The zero-order valence-electron chi connectivity index (χ0n) is 22.6. The van der Waals surface area contributed by atoms with Crippen molar-refractivity contribution in [3.63, 3.8) is 0 Å². The van der Waals surface area contributed by atoms with E-state index in [0.29, 0.717) is 31.6 Å². The first-order valence-electron chi connectivity index (χ1n) is 13.6. The van der Waals surface area contributed by atoms with E-state index in [2.05, 4.69) is 37.2 Å². The fourth-order valence-electron chi connectivity index (χ4n) is 8.02. The summed E-state index contributed by atoms with van der Waals surface area (Å²) in [5, 5.41) is 23.5. The summed E-state index contributed by atoms with van der Waals surface area (Å²) in [6.45, 7) is 11.6. The van der Waals surface area contributed by atoms with E-state index in [-0.39, 0.29) is 29.7 Å². The van der Waals surface area contributed by atoms with Gasteiger partial charge in [0.2, 0.25) is 0 Å². The average Bonchev–Trinajstić information content (AvgIpc) is 3.22. The summed E-state index contributed by atoms with van der Waals surface area (Å²) in [5.74, 6) is 6.14. The number of aromatic hydroxyl groups is 1. The lowest BCUT2D eigenvalue weighted by atomic mass is 9.46. The molecule has 2 aromatic carbocycles. The van der Waals surface area contributed by atoms with E-state index >= 15 is 0 Å². The number of aliphatic hydroxyl groups is 1. The highest BCUT2D eigenvalue weighted by Crippen LogP contribution is 2.66. The lowest BCUT2D eigenvalue weighted by Crippen LogP contribution is -2.79. The molecule has 2 aromatic rings. The van der Waals surface area contributed by atoms with Gasteiger partial charge in [-0.2, -0.15) is 0 Å². The maximum Gasteiger partial charge on any atom is 0.298 e. The van der Waals surface area contributed by atoms with Crippen LogP contribution in [0, 0.1) is 31.6 Å². The van der Waals surface area contributed by atoms with Crippen molar-refractivity contribution in [3.8, 4) is 23.3 Å². The maximum absolute atomic E-state index is 13.5. The minimum absolute atomic E-state index is 0.0420. The second kappa shape index (κ2) is 8.62. The molecule has 1 spiro atoms. The molecular weight excluding hydrogens is 476 g/mol. The molecule has 2 aliphatic carbocycles. The number of hydrogen-bond acceptors (Lipinski definition) is 5. The number of aryl methyl sites for hydroxylation is 2. The van der Waals surface area contributed by atoms with Crippen molar-refractivity contribution >= 4 is 5.91 Å². The Hall–Kier alpha value is -3.27. The number of amides is 1. The molecule has 2 bridgehead atoms. The number of piperidine rings is 1. The molecule has 0 aromatic heterocycles. The molecular formula is C32H36N2O4. The largest absolute Gasteiger partial charge is 0.504 e. The number of likely N-dealkylation sites (tertiary alicyclic amines) is 1. The highest BCUT2D eigenvalue weighted by Gasteiger charge is 2.74. The van der Waals surface area contributed by atoms with E-state index in [1.165, 1.54) is 5.56 Å². The Morgan fingerprint density at radius 3 is 2.82 bits per heavy atom. The van der Waals surface area contributed by atoms with Crippen LogP contribution in [0.2, 0.25) is 0 Å². The van der Waals surface area contributed by atoms with Crippen LogP contribution in [0.1, 0.15) is 47.6 Å². The van der Waals surface area contributed by atoms with Gasteiger partial charge < -0.3 is 19.8 Å². The van der Waals surface area contributed by atoms with Gasteiger partial charge in [-0.15, -0.1) is 6.58 Å². The Bertz CT molecular complexity index is 1410. The van der Waals surface area contributed by atoms with Gasteiger partial charge in [0.15, 0.2) is 11.5 Å². The molecule has 6 nitrogen and oxygen atoms in total. The predicted molar refractivity (Wildman–Crippen MR) is 146 cm³/mol. The number of nitrogens with zero attached hydrogens (tertiary/aromatic N) is 2. The van der Waals surface area contributed by atoms with Crippen molar-refractivity contribution in [2.24, 2.45) is 5.92 Å². The number of carbonyl (C=O) groups is 1. The topological polar surface area (TPSA) is 73.2 Å². The summed E-state index contributed by atoms with van der Waals surface area (Å²) < 4.78 is 6.63. The van der Waals surface area contributed by atoms with E-state index in [4.69, 9.17) is 4.74 Å². The quantitative estimate of drug-likeness (QED) is 0.487. The Balaban J connectivity index is 1.41. The fourth-order valence-corrected chi connectivity index (χ4v) is 8.02. The summed E-state index contributed by atoms with van der Waals surface area (Å²) in [6, 6.07) is 9.23. The van der Waals surface area contributed by atoms with E-state index in [9.17, 15) is 15.0 Å². The van der Waals surface area contributed by atoms with Gasteiger partial charge in [0, 0.05) is 36.7 Å². The number of rotatable bonds is 3. The van der Waals surface area contributed by atoms with Gasteiger partial charge >= 0.3 is 0 Å². The lowest BCUT2D eigenvalue weighted by molar-refractivity contribution is -0.210. The zero-order chi connectivity index (χ0) is 27.0. The SMILES string of the molecule is C=CCN1CC[C@]23c4c5ccc(O)c4O[C@H]2[C@@H](N(C)C(=O)C#Cc2ccc(C)c(C)c2)[C@H](C)C[C@@]3(O)[C@H]1C5. The monoisotopic (exact) mass is 512 g/mol. The Labute approximate surface area is 224 Å². The lowest BCUT2D eigenvalue weighted by Gasteiger charge is -2.65. The molecule has 6 heteroatoms. The smallest absolute Gasteiger partial charge is 0.298 e. The van der Waals surface area contributed by atoms with Crippen LogP contribution in [0.4, 0.5) is 0 Å². The van der Waals surface area contributed by atoms with Crippen LogP contribution in [0.3, 0.4) is 0 Å². The molecule has 0 radical (unpaired) electrons. The van der Waals surface area contributed by atoms with Gasteiger partial charge in [0.25, 0.3) is 5.91 Å². The Morgan fingerprint density at radius 2 is 2.08 bits per heavy atom. The van der Waals surface area contributed by atoms with E-state index in [0.717, 1.165) is 28.8 Å². The molecule has 2 fully saturated rings. The first-order chi connectivity index (χ1) is 18.1. The van der Waals surface area contributed by atoms with Crippen molar-refractivity contribution in [3.05, 3.63) is 70.8 Å². The average molecular weight is 513 g/mol. The van der Waals surface area contributed by atoms with Crippen LogP contribution in [-0.4, -0.2) is 69.8 Å². The van der Waals surface area contributed by atoms with Crippen molar-refractivity contribution in [2.45, 2.75) is 69.2 Å². The van der Waals surface area contributed by atoms with Crippen molar-refractivity contribution in [1.82, 2.24) is 9.80 Å². The molecule has 1 amide bonds. The van der Waals surface area contributed by atoms with Gasteiger partial charge in [-0.05, 0) is 80.5 Å². The molecule has 4 aliphatic rings. The Morgan fingerprint density at radius 1 is 1.29 bits per heavy atom. The third-order valence-corrected chi connectivity index (χ3v) is 9.85. The number of phenols is 1. The van der Waals surface area contributed by atoms with Crippen molar-refractivity contribution < 1.29 is 19.7 Å². The van der Waals surface area contributed by atoms with Crippen LogP contribution in [0.25, 0.3) is 0 Å². The van der Waals surface area contributed by atoms with Crippen molar-refractivity contribution in [2.75, 3.05) is 20.1 Å². The van der Waals surface area contributed by atoms with Gasteiger partial charge in [0.1, 0.15) is 6.10 Å². The summed E-state index contributed by atoms with van der Waals surface area (Å²) in [4.78, 5) is 17.5. The van der Waals surface area contributed by atoms with E-state index < -0.39 is 17.1 Å². The molecule has 1 saturated carbocycles. The summed E-state index contributed by atoms with van der Waals surface area (Å²) in [7, 11) is 1.79. The second-order valence-corrected chi connectivity index (χ2v) is 11.8. The molecule has 1 saturated heterocycles. The summed E-state index contributed by atoms with van der Waals surface area (Å²) in [6.07, 6.45) is 3.33. The van der Waals surface area contributed by atoms with Crippen LogP contribution in [-0.2, 0) is 16.6 Å². The summed E-state index contributed by atoms with van der Waals surface area (Å²) >= 11 is 0. The van der Waals surface area contributed by atoms with Crippen LogP contribution in [0.5, 0.6) is 11.5 Å². The minimum Gasteiger partial charge on any atom is -0.504 e. The van der Waals surface area contributed by atoms with Crippen LogP contribution in [0.15, 0.2) is 43.0 Å². The molecule has 6 atom stereocenters. The standard InChI is InChI=1S/C32H36N2O4/c1-6-14-34-15-13-31-27-23-10-11-24(35)29(27)38-30(31)28(21(4)18-32(31,37)25(34)17-23)33(5)26(36)12-9-22-8-7-19(2)20(3)16-22/h6-8,10-11,16,21,25,28,30,35,37H,1,13-15,17-18H2,2-5H3/t21-,25-,28+,30+,31+,32-/m1/s1. The second-order valence-electron chi connectivity index (χ2n) is 11.8. The number of phenolic OH excluding ortho intramolecular Hbond substituents is 1. The first-order valence-corrected chi connectivity index (χ1v) is 13.6. The molecule has 0 unspecified atom stereocenters. The predicted octanol–water partition coefficient (Wildman–Crippen LogP) is 3.47. The third-order valence-electron chi connectivity index (χ3n) is 9.85. The maximum atomic E-state index is 13.5. The Kier molecular flexibility index (Phi) is 5.68. The summed E-state index contributed by atoms with van der Waals surface area (Å²) in [5.41, 5.74) is 3.44. The molecule has 2 aliphatic heterocycles. The zero-order valence-corrected chi connectivity index (χ0v) is 22.6. The van der Waals surface area contributed by atoms with Crippen LogP contribution >= 0.6 is 0 Å². The number of likely N-dealkylation sites (N-methyl/N-ethyl adjacent to an activating group) is 1. The molecule has 198 valence electrons. The van der Waals surface area contributed by atoms with Gasteiger partial charge in [-0.25, -0.2) is 0 Å². The van der Waals surface area contributed by atoms with Crippen LogP contribution < -0.4 is 4.74 Å². The minimum atomic E-state index is -1.05. The highest BCUT2D eigenvalue weighted by molar-refractivity contribution is 5.94. The van der Waals surface area contributed by atoms with Gasteiger partial charge in [0.05, 0.1) is 17.1 Å². The molecule has 2 heterocycles. The van der Waals surface area contributed by atoms with E-state index in [1.54, 1.807) is 18.0 Å². The number of benzene rings is 2. The number of ether oxygens (including phenoxy) is 1. The fraction of sp³-hybridized carbons (Fsp3) is 0.469. The molecule has 6 rings (SSSR count). The molecule has 2 N–H and O–H groups in total. The van der Waals surface area contributed by atoms with Gasteiger partial charge in [-0.3, -0.25) is 9.69 Å². The first kappa shape index (κ1) is 25.0. The third kappa shape index (κ3) is 3.25. The normalized spacial score (nSPS) is 32.4. The number of carbonyl (C=O) groups excluding carboxylic acids is 1. The van der Waals surface area contributed by atoms with Crippen molar-refractivity contribution in [1.29, 1.82) is 0 Å². The highest BCUT2D eigenvalue weighted by atomic mass is 16.5. The number of hydrogen-bond donors (Lipinski definition) is 2.